The first-order chi connectivity index (χ1) is 8.56. The van der Waals surface area contributed by atoms with Gasteiger partial charge >= 0.3 is 5.97 Å². The number of ether oxygens (including phenoxy) is 1. The fourth-order valence-corrected chi connectivity index (χ4v) is 2.01. The number of anilines is 1. The van der Waals surface area contributed by atoms with Gasteiger partial charge in [-0.3, -0.25) is 0 Å². The summed E-state index contributed by atoms with van der Waals surface area (Å²) in [5.41, 5.74) is 1.66. The monoisotopic (exact) mass is 265 g/mol. The minimum absolute atomic E-state index is 0.366. The predicted octanol–water partition coefficient (Wildman–Crippen LogP) is 2.42. The fraction of sp³-hybridized carbons (Fsp3) is 0.250. The average molecular weight is 266 g/mol. The van der Waals surface area contributed by atoms with Gasteiger partial charge in [0, 0.05) is 18.1 Å². The van der Waals surface area contributed by atoms with Gasteiger partial charge in [-0.05, 0) is 19.1 Å². The van der Waals surface area contributed by atoms with Crippen molar-refractivity contribution in [2.75, 3.05) is 19.5 Å². The molecule has 0 radical (unpaired) electrons. The minimum Gasteiger partial charge on any atom is -0.465 e. The smallest absolute Gasteiger partial charge is 0.340 e. The molecule has 0 saturated carbocycles. The van der Waals surface area contributed by atoms with Gasteiger partial charge in [0.25, 0.3) is 0 Å². The molecule has 0 spiro atoms. The van der Waals surface area contributed by atoms with Crippen LogP contribution in [-0.4, -0.2) is 30.1 Å². The Labute approximate surface area is 109 Å². The van der Waals surface area contributed by atoms with Gasteiger partial charge in [0.1, 0.15) is 11.0 Å². The van der Waals surface area contributed by atoms with E-state index >= 15 is 0 Å². The van der Waals surface area contributed by atoms with Crippen molar-refractivity contribution >= 4 is 34.2 Å². The number of benzene rings is 1. The second-order valence-corrected chi connectivity index (χ2v) is 4.08. The van der Waals surface area contributed by atoms with Crippen LogP contribution in [0.5, 0.6) is 0 Å². The van der Waals surface area contributed by atoms with Gasteiger partial charge in [-0.25, -0.2) is 14.8 Å². The van der Waals surface area contributed by atoms with Crippen LogP contribution in [0.1, 0.15) is 16.2 Å². The van der Waals surface area contributed by atoms with E-state index in [9.17, 15) is 4.79 Å². The first-order valence-electron chi connectivity index (χ1n) is 5.30. The molecule has 0 atom stereocenters. The summed E-state index contributed by atoms with van der Waals surface area (Å²) < 4.78 is 4.73. The Morgan fingerprint density at radius 3 is 2.72 bits per heavy atom. The van der Waals surface area contributed by atoms with Crippen LogP contribution >= 0.6 is 11.6 Å². The quantitative estimate of drug-likeness (QED) is 0.667. The third-order valence-electron chi connectivity index (χ3n) is 2.57. The number of hydrogen-bond acceptors (Lipinski definition) is 5. The molecule has 1 aromatic heterocycles. The van der Waals surface area contributed by atoms with Crippen molar-refractivity contribution in [3.05, 3.63) is 28.7 Å². The van der Waals surface area contributed by atoms with Crippen LogP contribution in [0.15, 0.2) is 12.1 Å². The number of hydrogen-bond donors (Lipinski definition) is 1. The van der Waals surface area contributed by atoms with Crippen molar-refractivity contribution in [3.8, 4) is 0 Å². The van der Waals surface area contributed by atoms with E-state index in [1.54, 1.807) is 26.1 Å². The van der Waals surface area contributed by atoms with Crippen LogP contribution in [0.3, 0.4) is 0 Å². The summed E-state index contributed by atoms with van der Waals surface area (Å²) in [7, 11) is 3.06. The van der Waals surface area contributed by atoms with Gasteiger partial charge < -0.3 is 10.1 Å². The summed E-state index contributed by atoms with van der Waals surface area (Å²) >= 11 is 6.06. The van der Waals surface area contributed by atoms with E-state index in [0.717, 1.165) is 0 Å². The summed E-state index contributed by atoms with van der Waals surface area (Å²) in [5.74, 6) is 0.133. The van der Waals surface area contributed by atoms with E-state index in [1.165, 1.54) is 7.11 Å². The highest BCUT2D eigenvalue weighted by Crippen LogP contribution is 2.27. The standard InChI is InChI=1S/C12H12ClN3O2/c1-6-15-10-5-8(12(17)18-3)9(14-2)4-7(10)11(13)16-6/h4-5,14H,1-3H3. The number of methoxy groups -OCH3 is 1. The average Bonchev–Trinajstić information content (AvgIpc) is 2.36. The Morgan fingerprint density at radius 1 is 1.39 bits per heavy atom. The number of carbonyl (C=O) groups excluding carboxylic acids is 1. The van der Waals surface area contributed by atoms with Crippen molar-refractivity contribution in [1.29, 1.82) is 0 Å². The lowest BCUT2D eigenvalue weighted by atomic mass is 10.1. The second kappa shape index (κ2) is 4.78. The van der Waals surface area contributed by atoms with Crippen molar-refractivity contribution < 1.29 is 9.53 Å². The van der Waals surface area contributed by atoms with Crippen LogP contribution in [0.4, 0.5) is 5.69 Å². The fourth-order valence-electron chi connectivity index (χ4n) is 1.73. The molecular formula is C12H12ClN3O2. The number of nitrogens with zero attached hydrogens (tertiary/aromatic N) is 2. The Bertz CT molecular complexity index is 628. The SMILES string of the molecule is CNc1cc2c(Cl)nc(C)nc2cc1C(=O)OC. The third kappa shape index (κ3) is 2.09. The highest BCUT2D eigenvalue weighted by molar-refractivity contribution is 6.34. The molecule has 0 amide bonds. The topological polar surface area (TPSA) is 64.1 Å². The number of fused-ring (bicyclic) bond motifs is 1. The zero-order valence-electron chi connectivity index (χ0n) is 10.2. The Balaban J connectivity index is 2.77. The summed E-state index contributed by atoms with van der Waals surface area (Å²) in [6.07, 6.45) is 0. The van der Waals surface area contributed by atoms with Crippen molar-refractivity contribution in [2.24, 2.45) is 0 Å². The lowest BCUT2D eigenvalue weighted by molar-refractivity contribution is 0.0602. The van der Waals surface area contributed by atoms with Crippen molar-refractivity contribution in [3.63, 3.8) is 0 Å². The van der Waals surface area contributed by atoms with Gasteiger partial charge in [-0.2, -0.15) is 0 Å². The molecule has 1 heterocycles. The number of nitrogens with one attached hydrogen (secondary N) is 1. The molecule has 0 saturated heterocycles. The molecule has 5 nitrogen and oxygen atoms in total. The number of rotatable bonds is 2. The van der Waals surface area contributed by atoms with Crippen molar-refractivity contribution in [2.45, 2.75) is 6.92 Å². The summed E-state index contributed by atoms with van der Waals surface area (Å²) in [6, 6.07) is 3.39. The van der Waals surface area contributed by atoms with E-state index in [1.807, 2.05) is 0 Å². The molecule has 2 rings (SSSR count). The number of esters is 1. The minimum atomic E-state index is -0.423. The highest BCUT2D eigenvalue weighted by atomic mass is 35.5. The molecule has 0 fully saturated rings. The summed E-state index contributed by atoms with van der Waals surface area (Å²) in [5, 5.41) is 3.99. The first kappa shape index (κ1) is 12.6. The van der Waals surface area contributed by atoms with Crippen LogP contribution in [0.2, 0.25) is 5.15 Å². The van der Waals surface area contributed by atoms with Crippen molar-refractivity contribution in [1.82, 2.24) is 9.97 Å². The summed E-state index contributed by atoms with van der Waals surface area (Å²) in [6.45, 7) is 1.75. The van der Waals surface area contributed by atoms with E-state index < -0.39 is 5.97 Å². The Kier molecular flexibility index (Phi) is 3.34. The number of carbonyl (C=O) groups is 1. The van der Waals surface area contributed by atoms with E-state index in [0.29, 0.717) is 33.1 Å². The second-order valence-electron chi connectivity index (χ2n) is 3.72. The number of aromatic nitrogens is 2. The zero-order chi connectivity index (χ0) is 13.3. The Hall–Kier alpha value is -1.88. The summed E-state index contributed by atoms with van der Waals surface area (Å²) in [4.78, 5) is 20.0. The molecule has 0 aliphatic rings. The van der Waals surface area contributed by atoms with Gasteiger partial charge in [0.05, 0.1) is 18.2 Å². The van der Waals surface area contributed by atoms with E-state index in [2.05, 4.69) is 15.3 Å². The number of halogens is 1. The molecule has 6 heteroatoms. The molecule has 94 valence electrons. The molecule has 1 N–H and O–H groups in total. The maximum atomic E-state index is 11.7. The highest BCUT2D eigenvalue weighted by Gasteiger charge is 2.15. The molecule has 0 aliphatic heterocycles. The number of aryl methyl sites for hydroxylation is 1. The lowest BCUT2D eigenvalue weighted by Crippen LogP contribution is -2.06. The molecule has 0 aliphatic carbocycles. The zero-order valence-corrected chi connectivity index (χ0v) is 11.0. The third-order valence-corrected chi connectivity index (χ3v) is 2.86. The first-order valence-corrected chi connectivity index (χ1v) is 5.68. The maximum absolute atomic E-state index is 11.7. The Morgan fingerprint density at radius 2 is 2.11 bits per heavy atom. The maximum Gasteiger partial charge on any atom is 0.340 e. The van der Waals surface area contributed by atoms with E-state index in [-0.39, 0.29) is 0 Å². The van der Waals surface area contributed by atoms with Crippen LogP contribution < -0.4 is 5.32 Å². The molecule has 2 aromatic rings. The predicted molar refractivity (Wildman–Crippen MR) is 70.2 cm³/mol. The molecular weight excluding hydrogens is 254 g/mol. The molecule has 18 heavy (non-hydrogen) atoms. The van der Waals surface area contributed by atoms with Gasteiger partial charge in [0.15, 0.2) is 0 Å². The molecule has 0 bridgehead atoms. The van der Waals surface area contributed by atoms with Crippen LogP contribution in [-0.2, 0) is 4.74 Å². The molecule has 1 aromatic carbocycles. The van der Waals surface area contributed by atoms with Gasteiger partial charge in [0.2, 0.25) is 0 Å². The van der Waals surface area contributed by atoms with Gasteiger partial charge in [-0.1, -0.05) is 11.6 Å². The van der Waals surface area contributed by atoms with E-state index in [4.69, 9.17) is 16.3 Å². The normalized spacial score (nSPS) is 10.4. The van der Waals surface area contributed by atoms with Gasteiger partial charge in [-0.15, -0.1) is 0 Å². The largest absolute Gasteiger partial charge is 0.465 e. The van der Waals surface area contributed by atoms with Crippen LogP contribution in [0.25, 0.3) is 10.9 Å². The lowest BCUT2D eigenvalue weighted by Gasteiger charge is -2.10. The van der Waals surface area contributed by atoms with Crippen LogP contribution in [0, 0.1) is 6.92 Å². The molecule has 0 unspecified atom stereocenters.